The van der Waals surface area contributed by atoms with Gasteiger partial charge in [-0.25, -0.2) is 0 Å². The average Bonchev–Trinajstić information content (AvgIpc) is 3.10. The van der Waals surface area contributed by atoms with E-state index in [1.807, 2.05) is 13.8 Å². The predicted octanol–water partition coefficient (Wildman–Crippen LogP) is -2.50. The van der Waals surface area contributed by atoms with E-state index in [0.29, 0.717) is 50.8 Å². The van der Waals surface area contributed by atoms with Gasteiger partial charge in [-0.3, -0.25) is 33.6 Å². The summed E-state index contributed by atoms with van der Waals surface area (Å²) in [6, 6.07) is 2.78. The zero-order valence-corrected chi connectivity index (χ0v) is 30.9. The molecule has 0 fully saturated rings. The smallest absolute Gasteiger partial charge is 0.322 e. The molecule has 0 saturated carbocycles. The SMILES string of the molecule is CC(C)CC(NC(=O)C(N)CCCCN)C(=O)NC(C(=O)NC(Cc1ccccc1)C(=O)NCC(=O)NC(CCCCN)C(=O)NCC(=O)O)C(C)O. The molecule has 0 bridgehead atoms. The Balaban J connectivity index is 3.11. The number of carbonyl (C=O) groups excluding carboxylic acids is 6. The van der Waals surface area contributed by atoms with Gasteiger partial charge in [0.2, 0.25) is 35.4 Å². The van der Waals surface area contributed by atoms with Crippen LogP contribution in [0.2, 0.25) is 0 Å². The second kappa shape index (κ2) is 25.3. The van der Waals surface area contributed by atoms with Gasteiger partial charge in [-0.1, -0.05) is 50.6 Å². The van der Waals surface area contributed by atoms with Gasteiger partial charge < -0.3 is 59.3 Å². The van der Waals surface area contributed by atoms with Gasteiger partial charge in [0.1, 0.15) is 30.7 Å². The lowest BCUT2D eigenvalue weighted by molar-refractivity contribution is -0.138. The van der Waals surface area contributed by atoms with Gasteiger partial charge in [-0.15, -0.1) is 0 Å². The van der Waals surface area contributed by atoms with Gasteiger partial charge in [-0.05, 0) is 70.0 Å². The summed E-state index contributed by atoms with van der Waals surface area (Å²) in [6.45, 7) is 4.52. The van der Waals surface area contributed by atoms with E-state index in [4.69, 9.17) is 22.3 Å². The molecule has 0 saturated heterocycles. The van der Waals surface area contributed by atoms with Crippen LogP contribution in [-0.2, 0) is 40.0 Å². The van der Waals surface area contributed by atoms with Crippen molar-refractivity contribution < 1.29 is 43.8 Å². The number of aliphatic carboxylic acids is 1. The first kappa shape index (κ1) is 46.4. The molecule has 6 amide bonds. The minimum Gasteiger partial charge on any atom is -0.480 e. The summed E-state index contributed by atoms with van der Waals surface area (Å²) in [4.78, 5) is 89.5. The summed E-state index contributed by atoms with van der Waals surface area (Å²) < 4.78 is 0. The highest BCUT2D eigenvalue weighted by Gasteiger charge is 2.33. The van der Waals surface area contributed by atoms with E-state index in [1.165, 1.54) is 6.92 Å². The maximum absolute atomic E-state index is 13.6. The fourth-order valence-electron chi connectivity index (χ4n) is 5.18. The van der Waals surface area contributed by atoms with Crippen LogP contribution in [0.4, 0.5) is 0 Å². The van der Waals surface area contributed by atoms with Crippen LogP contribution >= 0.6 is 0 Å². The van der Waals surface area contributed by atoms with Gasteiger partial charge in [0.05, 0.1) is 18.7 Å². The Morgan fingerprint density at radius 2 is 1.23 bits per heavy atom. The fraction of sp³-hybridized carbons (Fsp3) is 0.629. The summed E-state index contributed by atoms with van der Waals surface area (Å²) in [6.07, 6.45) is 1.61. The molecular formula is C35H59N9O9. The molecule has 0 aliphatic rings. The molecule has 1 aromatic carbocycles. The molecule has 0 aliphatic carbocycles. The molecule has 0 heterocycles. The summed E-state index contributed by atoms with van der Waals surface area (Å²) in [7, 11) is 0. The van der Waals surface area contributed by atoms with Crippen molar-refractivity contribution in [3.05, 3.63) is 35.9 Å². The monoisotopic (exact) mass is 749 g/mol. The maximum Gasteiger partial charge on any atom is 0.322 e. The number of benzene rings is 1. The lowest BCUT2D eigenvalue weighted by atomic mass is 10.0. The standard InChI is InChI=1S/C35H59N9O9/c1-21(2)17-26(42-31(49)24(38)13-7-9-15-36)34(52)44-30(22(3)45)35(53)43-27(18-23-11-5-4-6-12-23)33(51)39-19-28(46)41-25(14-8-10-16-37)32(50)40-20-29(47)48/h4-6,11-12,21-22,24-27,30,45H,7-10,13-20,36-38H2,1-3H3,(H,39,51)(H,40,50)(H,41,46)(H,42,49)(H,43,53)(H,44,52)(H,47,48). The summed E-state index contributed by atoms with van der Waals surface area (Å²) in [5, 5.41) is 34.3. The second-order valence-corrected chi connectivity index (χ2v) is 13.3. The van der Waals surface area contributed by atoms with Gasteiger partial charge in [0, 0.05) is 6.42 Å². The summed E-state index contributed by atoms with van der Waals surface area (Å²) in [5.74, 6) is -5.76. The summed E-state index contributed by atoms with van der Waals surface area (Å²) >= 11 is 0. The van der Waals surface area contributed by atoms with Crippen molar-refractivity contribution in [1.29, 1.82) is 0 Å². The van der Waals surface area contributed by atoms with Crippen LogP contribution in [0.15, 0.2) is 30.3 Å². The van der Waals surface area contributed by atoms with E-state index in [9.17, 15) is 38.7 Å². The van der Waals surface area contributed by atoms with Crippen molar-refractivity contribution in [3.63, 3.8) is 0 Å². The molecule has 0 aromatic heterocycles. The van der Waals surface area contributed by atoms with E-state index in [0.717, 1.165) is 0 Å². The topological polar surface area (TPSA) is 310 Å². The van der Waals surface area contributed by atoms with E-state index in [-0.39, 0.29) is 25.2 Å². The number of amides is 6. The number of rotatable bonds is 26. The number of carboxylic acids is 1. The van der Waals surface area contributed by atoms with E-state index < -0.39 is 90.8 Å². The zero-order valence-electron chi connectivity index (χ0n) is 30.9. The molecule has 298 valence electrons. The Bertz CT molecular complexity index is 1330. The molecule has 53 heavy (non-hydrogen) atoms. The summed E-state index contributed by atoms with van der Waals surface area (Å²) in [5.41, 5.74) is 17.7. The van der Waals surface area contributed by atoms with Crippen molar-refractivity contribution in [1.82, 2.24) is 31.9 Å². The average molecular weight is 750 g/mol. The normalized spacial score (nSPS) is 14.4. The number of carbonyl (C=O) groups is 7. The Hall–Kier alpha value is -4.65. The van der Waals surface area contributed by atoms with Crippen LogP contribution in [0.1, 0.15) is 71.3 Å². The molecule has 18 nitrogen and oxygen atoms in total. The quantitative estimate of drug-likeness (QED) is 0.0438. The number of unbranched alkanes of at least 4 members (excludes halogenated alkanes) is 2. The van der Waals surface area contributed by atoms with Crippen molar-refractivity contribution >= 4 is 41.4 Å². The molecule has 6 unspecified atom stereocenters. The molecule has 1 rings (SSSR count). The number of nitrogens with two attached hydrogens (primary N) is 3. The number of aliphatic hydroxyl groups is 1. The Labute approximate surface area is 310 Å². The maximum atomic E-state index is 13.6. The van der Waals surface area contributed by atoms with Crippen molar-refractivity contribution in [2.45, 2.75) is 108 Å². The van der Waals surface area contributed by atoms with Gasteiger partial charge in [-0.2, -0.15) is 0 Å². The van der Waals surface area contributed by atoms with Crippen LogP contribution in [0, 0.1) is 5.92 Å². The highest BCUT2D eigenvalue weighted by Crippen LogP contribution is 2.09. The van der Waals surface area contributed by atoms with E-state index in [2.05, 4.69) is 31.9 Å². The Morgan fingerprint density at radius 3 is 1.79 bits per heavy atom. The number of carboxylic acid groups (broad SMARTS) is 1. The first-order valence-electron chi connectivity index (χ1n) is 17.9. The van der Waals surface area contributed by atoms with Crippen molar-refractivity contribution in [3.8, 4) is 0 Å². The molecule has 18 heteroatoms. The lowest BCUT2D eigenvalue weighted by Crippen LogP contribution is -2.61. The minimum atomic E-state index is -1.54. The fourth-order valence-corrected chi connectivity index (χ4v) is 5.18. The molecule has 6 atom stereocenters. The Morgan fingerprint density at radius 1 is 0.660 bits per heavy atom. The molecule has 0 radical (unpaired) electrons. The third-order valence-corrected chi connectivity index (χ3v) is 8.06. The molecule has 0 spiro atoms. The van der Waals surface area contributed by atoms with Gasteiger partial charge in [0.15, 0.2) is 0 Å². The molecular weight excluding hydrogens is 690 g/mol. The van der Waals surface area contributed by atoms with Crippen LogP contribution in [-0.4, -0.2) is 114 Å². The third-order valence-electron chi connectivity index (χ3n) is 8.06. The lowest BCUT2D eigenvalue weighted by Gasteiger charge is -2.28. The van der Waals surface area contributed by atoms with Crippen LogP contribution in [0.3, 0.4) is 0 Å². The second-order valence-electron chi connectivity index (χ2n) is 13.3. The van der Waals surface area contributed by atoms with Crippen LogP contribution in [0.25, 0.3) is 0 Å². The van der Waals surface area contributed by atoms with E-state index >= 15 is 0 Å². The van der Waals surface area contributed by atoms with Crippen molar-refractivity contribution in [2.75, 3.05) is 26.2 Å². The number of hydrogen-bond acceptors (Lipinski definition) is 11. The molecule has 1 aromatic rings. The van der Waals surface area contributed by atoms with Crippen LogP contribution < -0.4 is 49.1 Å². The van der Waals surface area contributed by atoms with Crippen molar-refractivity contribution in [2.24, 2.45) is 23.1 Å². The van der Waals surface area contributed by atoms with Gasteiger partial charge in [0.25, 0.3) is 0 Å². The third kappa shape index (κ3) is 19.1. The molecule has 0 aliphatic heterocycles. The molecule has 14 N–H and O–H groups in total. The first-order valence-corrected chi connectivity index (χ1v) is 17.9. The minimum absolute atomic E-state index is 0.0338. The van der Waals surface area contributed by atoms with Crippen LogP contribution in [0.5, 0.6) is 0 Å². The van der Waals surface area contributed by atoms with Gasteiger partial charge >= 0.3 is 5.97 Å². The van der Waals surface area contributed by atoms with E-state index in [1.54, 1.807) is 30.3 Å². The number of hydrogen-bond donors (Lipinski definition) is 11. The first-order chi connectivity index (χ1) is 25.1. The zero-order chi connectivity index (χ0) is 39.9. The highest BCUT2D eigenvalue weighted by atomic mass is 16.4. The number of aliphatic hydroxyl groups excluding tert-OH is 1. The Kier molecular flexibility index (Phi) is 22.2. The predicted molar refractivity (Wildman–Crippen MR) is 196 cm³/mol. The largest absolute Gasteiger partial charge is 0.480 e. The number of nitrogens with one attached hydrogen (secondary N) is 6. The highest BCUT2D eigenvalue weighted by molar-refractivity contribution is 5.96.